The molecule has 0 rings (SSSR count). The minimum Gasteiger partial charge on any atom is -0.413 e. The summed E-state index contributed by atoms with van der Waals surface area (Å²) >= 11 is 0. The van der Waals surface area contributed by atoms with Crippen molar-refractivity contribution >= 4 is 21.7 Å². The molecule has 22 heavy (non-hydrogen) atoms. The van der Waals surface area contributed by atoms with Crippen LogP contribution >= 0.6 is 7.60 Å². The van der Waals surface area contributed by atoms with E-state index in [0.717, 1.165) is 0 Å². The van der Waals surface area contributed by atoms with E-state index in [2.05, 4.69) is 33.9 Å². The quantitative estimate of drug-likeness (QED) is 0.447. The van der Waals surface area contributed by atoms with Crippen molar-refractivity contribution in [3.8, 4) is 0 Å². The number of Topliss-reactive ketones (excluding diaryl/α,β-unsaturated/α-hetero) is 1. The van der Waals surface area contributed by atoms with Crippen LogP contribution in [0.1, 0.15) is 47.5 Å². The van der Waals surface area contributed by atoms with Gasteiger partial charge in [0.25, 0.3) is 0 Å². The monoisotopic (exact) mass is 352 g/mol. The molecular formula is C15H33O5PSi. The van der Waals surface area contributed by atoms with E-state index in [1.807, 2.05) is 6.92 Å². The number of hydrogen-bond acceptors (Lipinski definition) is 5. The fourth-order valence-corrected chi connectivity index (χ4v) is 5.34. The molecule has 0 saturated heterocycles. The van der Waals surface area contributed by atoms with Gasteiger partial charge in [0.1, 0.15) is 5.78 Å². The smallest absolute Gasteiger partial charge is 0.335 e. The predicted octanol–water partition coefficient (Wildman–Crippen LogP) is 4.62. The molecule has 0 aromatic heterocycles. The van der Waals surface area contributed by atoms with Gasteiger partial charge in [0.2, 0.25) is 0 Å². The average molecular weight is 352 g/mol. The van der Waals surface area contributed by atoms with Crippen LogP contribution in [-0.4, -0.2) is 40.1 Å². The molecule has 0 aliphatic heterocycles. The maximum atomic E-state index is 12.8. The first-order valence-electron chi connectivity index (χ1n) is 7.69. The summed E-state index contributed by atoms with van der Waals surface area (Å²) < 4.78 is 29.5. The van der Waals surface area contributed by atoms with Gasteiger partial charge < -0.3 is 18.3 Å². The van der Waals surface area contributed by atoms with Crippen molar-refractivity contribution in [1.29, 1.82) is 0 Å². The van der Waals surface area contributed by atoms with Gasteiger partial charge >= 0.3 is 7.60 Å². The molecule has 7 heteroatoms. The minimum atomic E-state index is -3.30. The van der Waals surface area contributed by atoms with Crippen LogP contribution in [0.15, 0.2) is 0 Å². The molecule has 0 aliphatic rings. The normalized spacial score (nSPS) is 16.4. The predicted molar refractivity (Wildman–Crippen MR) is 93.1 cm³/mol. The van der Waals surface area contributed by atoms with Crippen molar-refractivity contribution in [2.45, 2.75) is 77.4 Å². The van der Waals surface area contributed by atoms with Crippen molar-refractivity contribution in [2.24, 2.45) is 0 Å². The van der Waals surface area contributed by atoms with Gasteiger partial charge in [0.05, 0.1) is 11.8 Å². The van der Waals surface area contributed by atoms with Gasteiger partial charge in [-0.1, -0.05) is 20.8 Å². The second kappa shape index (κ2) is 8.20. The Hall–Kier alpha value is -0.00312. The van der Waals surface area contributed by atoms with Crippen LogP contribution in [0, 0.1) is 0 Å². The molecule has 132 valence electrons. The summed E-state index contributed by atoms with van der Waals surface area (Å²) in [6.07, 6.45) is 0.474. The topological polar surface area (TPSA) is 61.8 Å². The van der Waals surface area contributed by atoms with Gasteiger partial charge in [0, 0.05) is 20.6 Å². The molecule has 0 radical (unpaired) electrons. The van der Waals surface area contributed by atoms with Crippen LogP contribution in [0.4, 0.5) is 0 Å². The molecule has 0 aliphatic carbocycles. The Morgan fingerprint density at radius 2 is 1.64 bits per heavy atom. The van der Waals surface area contributed by atoms with Gasteiger partial charge in [-0.15, -0.1) is 0 Å². The molecule has 0 aromatic carbocycles. The van der Waals surface area contributed by atoms with E-state index in [4.69, 9.17) is 13.5 Å². The lowest BCUT2D eigenvalue weighted by Crippen LogP contribution is -2.46. The molecule has 5 nitrogen and oxygen atoms in total. The van der Waals surface area contributed by atoms with Gasteiger partial charge in [-0.2, -0.15) is 0 Å². The lowest BCUT2D eigenvalue weighted by molar-refractivity contribution is -0.117. The molecule has 0 spiro atoms. The first-order valence-corrected chi connectivity index (χ1v) is 12.2. The van der Waals surface area contributed by atoms with Crippen LogP contribution in [0.25, 0.3) is 0 Å². The van der Waals surface area contributed by atoms with Gasteiger partial charge in [-0.25, -0.2) is 0 Å². The molecule has 2 unspecified atom stereocenters. The van der Waals surface area contributed by atoms with Crippen molar-refractivity contribution in [1.82, 2.24) is 0 Å². The van der Waals surface area contributed by atoms with Crippen LogP contribution in [0.2, 0.25) is 18.1 Å². The van der Waals surface area contributed by atoms with Gasteiger partial charge in [0.15, 0.2) is 8.32 Å². The third-order valence-electron chi connectivity index (χ3n) is 4.54. The Kier molecular flexibility index (Phi) is 8.20. The van der Waals surface area contributed by atoms with E-state index in [9.17, 15) is 9.36 Å². The SMILES string of the molecule is COP(=O)(OC)C(CCC(C)=O)C(C)O[Si](C)(C)C(C)(C)C. The van der Waals surface area contributed by atoms with E-state index in [-0.39, 0.29) is 16.9 Å². The van der Waals surface area contributed by atoms with Crippen molar-refractivity contribution in [3.63, 3.8) is 0 Å². The molecular weight excluding hydrogens is 319 g/mol. The molecule has 0 N–H and O–H groups in total. The standard InChI is InChI=1S/C15H33O5PSi/c1-12(16)10-11-14(21(17,18-6)19-7)13(2)20-22(8,9)15(3,4)5/h13-14H,10-11H2,1-9H3. The molecule has 2 atom stereocenters. The summed E-state index contributed by atoms with van der Waals surface area (Å²) in [5.74, 6) is 0.0586. The lowest BCUT2D eigenvalue weighted by atomic mass is 10.1. The number of carbonyl (C=O) groups excluding carboxylic acids is 1. The summed E-state index contributed by atoms with van der Waals surface area (Å²) in [5, 5.41) is 0.0521. The zero-order chi connectivity index (χ0) is 17.8. The van der Waals surface area contributed by atoms with E-state index in [1.54, 1.807) is 0 Å². The van der Waals surface area contributed by atoms with E-state index < -0.39 is 21.6 Å². The lowest BCUT2D eigenvalue weighted by Gasteiger charge is -2.41. The summed E-state index contributed by atoms with van der Waals surface area (Å²) in [7, 11) is -2.55. The summed E-state index contributed by atoms with van der Waals surface area (Å²) in [4.78, 5) is 11.3. The third-order valence-corrected chi connectivity index (χ3v) is 11.6. The van der Waals surface area contributed by atoms with Gasteiger partial charge in [-0.05, 0) is 38.4 Å². The van der Waals surface area contributed by atoms with E-state index >= 15 is 0 Å². The summed E-state index contributed by atoms with van der Waals surface area (Å²) in [6, 6.07) is 0. The molecule has 0 saturated carbocycles. The Labute approximate surface area is 136 Å². The summed E-state index contributed by atoms with van der Waals surface area (Å²) in [6.45, 7) is 14.2. The molecule has 0 aromatic rings. The highest BCUT2D eigenvalue weighted by molar-refractivity contribution is 7.54. The maximum absolute atomic E-state index is 12.8. The van der Waals surface area contributed by atoms with E-state index in [0.29, 0.717) is 12.8 Å². The fraction of sp³-hybridized carbons (Fsp3) is 0.933. The second-order valence-corrected chi connectivity index (χ2v) is 14.5. The number of hydrogen-bond donors (Lipinski definition) is 0. The number of carbonyl (C=O) groups is 1. The molecule has 0 heterocycles. The Balaban J connectivity index is 5.33. The second-order valence-electron chi connectivity index (χ2n) is 7.30. The Morgan fingerprint density at radius 3 is 1.95 bits per heavy atom. The highest BCUT2D eigenvalue weighted by Crippen LogP contribution is 2.55. The van der Waals surface area contributed by atoms with Crippen molar-refractivity contribution < 1.29 is 22.8 Å². The largest absolute Gasteiger partial charge is 0.413 e. The van der Waals surface area contributed by atoms with Crippen LogP contribution in [0.5, 0.6) is 0 Å². The molecule has 0 fully saturated rings. The first-order chi connectivity index (χ1) is 9.80. The van der Waals surface area contributed by atoms with Crippen LogP contribution < -0.4 is 0 Å². The first kappa shape index (κ1) is 22.0. The van der Waals surface area contributed by atoms with Crippen molar-refractivity contribution in [3.05, 3.63) is 0 Å². The highest BCUT2D eigenvalue weighted by atomic mass is 31.2. The maximum Gasteiger partial charge on any atom is 0.335 e. The minimum absolute atomic E-state index is 0.0521. The van der Waals surface area contributed by atoms with E-state index in [1.165, 1.54) is 21.1 Å². The fourth-order valence-electron chi connectivity index (χ4n) is 2.07. The zero-order valence-corrected chi connectivity index (χ0v) is 17.5. The van der Waals surface area contributed by atoms with Gasteiger partial charge in [-0.3, -0.25) is 4.57 Å². The Bertz CT molecular complexity index is 409. The van der Waals surface area contributed by atoms with Crippen LogP contribution in [-0.2, 0) is 22.8 Å². The van der Waals surface area contributed by atoms with Crippen molar-refractivity contribution in [2.75, 3.05) is 14.2 Å². The number of rotatable bonds is 9. The number of ketones is 1. The van der Waals surface area contributed by atoms with Crippen LogP contribution in [0.3, 0.4) is 0 Å². The third kappa shape index (κ3) is 5.89. The highest BCUT2D eigenvalue weighted by Gasteiger charge is 2.44. The summed E-state index contributed by atoms with van der Waals surface area (Å²) in [5.41, 5.74) is -0.444. The molecule has 0 amide bonds. The average Bonchev–Trinajstić information content (AvgIpc) is 2.36. The molecule has 0 bridgehead atoms. The zero-order valence-electron chi connectivity index (χ0n) is 15.6. The Morgan fingerprint density at radius 1 is 1.18 bits per heavy atom.